The van der Waals surface area contributed by atoms with Crippen molar-refractivity contribution in [2.75, 3.05) is 0 Å². The van der Waals surface area contributed by atoms with E-state index in [0.717, 1.165) is 6.42 Å². The van der Waals surface area contributed by atoms with Gasteiger partial charge in [-0.25, -0.2) is 0 Å². The van der Waals surface area contributed by atoms with E-state index in [1.807, 2.05) is 0 Å². The van der Waals surface area contributed by atoms with E-state index in [2.05, 4.69) is 27.7 Å². The van der Waals surface area contributed by atoms with Gasteiger partial charge in [0.15, 0.2) is 0 Å². The molecule has 2 heteroatoms. The van der Waals surface area contributed by atoms with Gasteiger partial charge in [-0.2, -0.15) is 0 Å². The molecule has 0 N–H and O–H groups in total. The molecule has 0 radical (unpaired) electrons. The second-order valence-corrected chi connectivity index (χ2v) is 8.31. The largest absolute Gasteiger partial charge is 0.464 e. The molecular weight excluding hydrogens is 224 g/mol. The molecule has 2 nitrogen and oxygen atoms in total. The van der Waals surface area contributed by atoms with Crippen LogP contribution in [0.3, 0.4) is 0 Å². The SMILES string of the molecule is CC1(C)CCC[C@@]2(C)C[C@@]3(C)C[C@@]12C[C@@H]3OC=O. The summed E-state index contributed by atoms with van der Waals surface area (Å²) in [6.07, 6.45) is 7.78. The van der Waals surface area contributed by atoms with Crippen LogP contribution in [0.2, 0.25) is 0 Å². The first-order valence-corrected chi connectivity index (χ1v) is 7.38. The van der Waals surface area contributed by atoms with Gasteiger partial charge in [-0.05, 0) is 48.3 Å². The normalized spacial score (nSPS) is 53.0. The predicted molar refractivity (Wildman–Crippen MR) is 71.1 cm³/mol. The third-order valence-electron chi connectivity index (χ3n) is 7.01. The van der Waals surface area contributed by atoms with Gasteiger partial charge in [0.2, 0.25) is 0 Å². The minimum Gasteiger partial charge on any atom is -0.464 e. The average Bonchev–Trinajstić information content (AvgIpc) is 2.64. The number of carbonyl (C=O) groups is 1. The molecule has 102 valence electrons. The molecule has 0 aromatic carbocycles. The molecule has 0 heterocycles. The quantitative estimate of drug-likeness (QED) is 0.694. The molecule has 3 saturated carbocycles. The Hall–Kier alpha value is -0.530. The first-order chi connectivity index (χ1) is 8.29. The Bertz CT molecular complexity index is 389. The van der Waals surface area contributed by atoms with Crippen LogP contribution in [0.25, 0.3) is 0 Å². The molecule has 3 rings (SSSR count). The van der Waals surface area contributed by atoms with Crippen molar-refractivity contribution in [1.82, 2.24) is 0 Å². The molecule has 4 atom stereocenters. The summed E-state index contributed by atoms with van der Waals surface area (Å²) in [5, 5.41) is 0. The molecule has 0 aromatic heterocycles. The van der Waals surface area contributed by atoms with E-state index < -0.39 is 0 Å². The lowest BCUT2D eigenvalue weighted by atomic mass is 9.46. The molecule has 18 heavy (non-hydrogen) atoms. The Morgan fingerprint density at radius 2 is 1.83 bits per heavy atom. The van der Waals surface area contributed by atoms with E-state index in [1.54, 1.807) is 0 Å². The van der Waals surface area contributed by atoms with Crippen molar-refractivity contribution < 1.29 is 9.53 Å². The number of carbonyl (C=O) groups excluding carboxylic acids is 1. The molecule has 3 aliphatic carbocycles. The Morgan fingerprint density at radius 3 is 2.50 bits per heavy atom. The third kappa shape index (κ3) is 1.22. The monoisotopic (exact) mass is 250 g/mol. The summed E-state index contributed by atoms with van der Waals surface area (Å²) in [7, 11) is 0. The van der Waals surface area contributed by atoms with Crippen LogP contribution in [0.4, 0.5) is 0 Å². The molecule has 0 aromatic rings. The molecule has 1 spiro atoms. The standard InChI is InChI=1S/C16H26O2/c1-13(2)6-5-7-15(4)9-14(3)10-16(13,15)8-12(14)18-11-17/h11-12H,5-10H2,1-4H3/t12-,14-,15-,16-/m0/s1. The van der Waals surface area contributed by atoms with Crippen molar-refractivity contribution in [2.24, 2.45) is 21.7 Å². The van der Waals surface area contributed by atoms with E-state index in [0.29, 0.717) is 22.7 Å². The molecule has 2 bridgehead atoms. The fourth-order valence-corrected chi connectivity index (χ4v) is 6.23. The average molecular weight is 250 g/mol. The number of ether oxygens (including phenoxy) is 1. The van der Waals surface area contributed by atoms with E-state index in [-0.39, 0.29) is 11.5 Å². The summed E-state index contributed by atoms with van der Waals surface area (Å²) in [6.45, 7) is 10.4. The Kier molecular flexibility index (Phi) is 2.30. The Balaban J connectivity index is 2.04. The molecule has 3 aliphatic rings. The van der Waals surface area contributed by atoms with Crippen LogP contribution in [0.1, 0.15) is 66.2 Å². The lowest BCUT2D eigenvalue weighted by molar-refractivity contribution is -0.151. The molecule has 3 fully saturated rings. The van der Waals surface area contributed by atoms with Crippen molar-refractivity contribution >= 4 is 6.47 Å². The van der Waals surface area contributed by atoms with Gasteiger partial charge >= 0.3 is 0 Å². The third-order valence-corrected chi connectivity index (χ3v) is 7.01. The van der Waals surface area contributed by atoms with Gasteiger partial charge in [0.1, 0.15) is 6.10 Å². The van der Waals surface area contributed by atoms with Gasteiger partial charge in [-0.15, -0.1) is 0 Å². The van der Waals surface area contributed by atoms with E-state index >= 15 is 0 Å². The highest BCUT2D eigenvalue weighted by atomic mass is 16.5. The van der Waals surface area contributed by atoms with Crippen LogP contribution in [0.5, 0.6) is 0 Å². The number of fused-ring (bicyclic) bond motifs is 1. The van der Waals surface area contributed by atoms with Crippen molar-refractivity contribution in [3.63, 3.8) is 0 Å². The first-order valence-electron chi connectivity index (χ1n) is 7.38. The molecular formula is C16H26O2. The van der Waals surface area contributed by atoms with E-state index in [9.17, 15) is 4.79 Å². The van der Waals surface area contributed by atoms with Gasteiger partial charge in [0.25, 0.3) is 6.47 Å². The smallest absolute Gasteiger partial charge is 0.293 e. The van der Waals surface area contributed by atoms with Gasteiger partial charge in [0, 0.05) is 5.41 Å². The summed E-state index contributed by atoms with van der Waals surface area (Å²) in [5.41, 5.74) is 1.46. The topological polar surface area (TPSA) is 26.3 Å². The fourth-order valence-electron chi connectivity index (χ4n) is 6.23. The molecule has 0 aliphatic heterocycles. The molecule has 0 amide bonds. The van der Waals surface area contributed by atoms with Crippen molar-refractivity contribution in [2.45, 2.75) is 72.3 Å². The van der Waals surface area contributed by atoms with Crippen molar-refractivity contribution in [3.8, 4) is 0 Å². The summed E-state index contributed by atoms with van der Waals surface area (Å²) >= 11 is 0. The maximum atomic E-state index is 10.8. The first kappa shape index (κ1) is 12.5. The summed E-state index contributed by atoms with van der Waals surface area (Å²) in [6, 6.07) is 0. The highest BCUT2D eigenvalue weighted by molar-refractivity contribution is 5.39. The highest BCUT2D eigenvalue weighted by Gasteiger charge is 2.73. The van der Waals surface area contributed by atoms with Crippen LogP contribution in [-0.2, 0) is 9.53 Å². The van der Waals surface area contributed by atoms with Gasteiger partial charge < -0.3 is 4.74 Å². The summed E-state index contributed by atoms with van der Waals surface area (Å²) in [4.78, 5) is 10.8. The molecule has 0 unspecified atom stereocenters. The van der Waals surface area contributed by atoms with Crippen LogP contribution in [0.15, 0.2) is 0 Å². The zero-order valence-corrected chi connectivity index (χ0v) is 12.2. The van der Waals surface area contributed by atoms with E-state index in [1.165, 1.54) is 32.1 Å². The number of hydrogen-bond acceptors (Lipinski definition) is 2. The van der Waals surface area contributed by atoms with Gasteiger partial charge in [-0.1, -0.05) is 34.1 Å². The van der Waals surface area contributed by atoms with Gasteiger partial charge in [0.05, 0.1) is 0 Å². The number of rotatable bonds is 2. The van der Waals surface area contributed by atoms with E-state index in [4.69, 9.17) is 4.74 Å². The van der Waals surface area contributed by atoms with Crippen LogP contribution in [0, 0.1) is 21.7 Å². The highest BCUT2D eigenvalue weighted by Crippen LogP contribution is 2.79. The fraction of sp³-hybridized carbons (Fsp3) is 0.938. The van der Waals surface area contributed by atoms with Crippen molar-refractivity contribution in [1.29, 1.82) is 0 Å². The minimum atomic E-state index is 0.153. The van der Waals surface area contributed by atoms with Crippen molar-refractivity contribution in [3.05, 3.63) is 0 Å². The Labute approximate surface area is 110 Å². The minimum absolute atomic E-state index is 0.153. The summed E-state index contributed by atoms with van der Waals surface area (Å²) in [5.74, 6) is 0. The Morgan fingerprint density at radius 1 is 1.11 bits per heavy atom. The zero-order valence-electron chi connectivity index (χ0n) is 12.2. The molecule has 0 saturated heterocycles. The predicted octanol–water partition coefficient (Wildman–Crippen LogP) is 3.93. The number of hydrogen-bond donors (Lipinski definition) is 0. The van der Waals surface area contributed by atoms with Gasteiger partial charge in [-0.3, -0.25) is 4.79 Å². The lowest BCUT2D eigenvalue weighted by Crippen LogP contribution is -2.52. The maximum absolute atomic E-state index is 10.8. The maximum Gasteiger partial charge on any atom is 0.293 e. The second-order valence-electron chi connectivity index (χ2n) is 8.31. The zero-order chi connectivity index (χ0) is 13.2. The van der Waals surface area contributed by atoms with Crippen LogP contribution >= 0.6 is 0 Å². The van der Waals surface area contributed by atoms with Crippen LogP contribution in [-0.4, -0.2) is 12.6 Å². The lowest BCUT2D eigenvalue weighted by Gasteiger charge is -2.58. The second kappa shape index (κ2) is 3.32. The summed E-state index contributed by atoms with van der Waals surface area (Å²) < 4.78 is 5.44. The van der Waals surface area contributed by atoms with Crippen LogP contribution < -0.4 is 0 Å².